The second kappa shape index (κ2) is 8.39. The molecule has 3 aromatic rings. The van der Waals surface area contributed by atoms with Gasteiger partial charge in [0, 0.05) is 41.5 Å². The molecule has 0 saturated heterocycles. The van der Waals surface area contributed by atoms with Crippen LogP contribution in [-0.4, -0.2) is 28.7 Å². The summed E-state index contributed by atoms with van der Waals surface area (Å²) in [6, 6.07) is 6.11. The lowest BCUT2D eigenvalue weighted by Gasteiger charge is -2.18. The van der Waals surface area contributed by atoms with Gasteiger partial charge in [-0.3, -0.25) is 4.79 Å². The number of esters is 1. The van der Waals surface area contributed by atoms with Gasteiger partial charge in [-0.15, -0.1) is 0 Å². The predicted molar refractivity (Wildman–Crippen MR) is 123 cm³/mol. The van der Waals surface area contributed by atoms with E-state index in [-0.39, 0.29) is 23.6 Å². The smallest absolute Gasteiger partial charge is 0.343 e. The topological polar surface area (TPSA) is 82.5 Å². The van der Waals surface area contributed by atoms with E-state index in [2.05, 4.69) is 21.8 Å². The summed E-state index contributed by atoms with van der Waals surface area (Å²) in [5, 5.41) is 3.86. The van der Waals surface area contributed by atoms with Crippen LogP contribution < -0.4 is 10.7 Å². The van der Waals surface area contributed by atoms with E-state index in [9.17, 15) is 9.59 Å². The summed E-state index contributed by atoms with van der Waals surface area (Å²) in [5.74, 6) is 0.272. The SMILES string of the molecule is CCCNc1cc2c(cn1)-c1ccc3c(=O)c(C(=O)OCC)cn(C4CC4)c3c1COC2. The predicted octanol–water partition coefficient (Wildman–Crippen LogP) is 4.43. The van der Waals surface area contributed by atoms with Crippen molar-refractivity contribution in [2.24, 2.45) is 0 Å². The van der Waals surface area contributed by atoms with Crippen molar-refractivity contribution in [1.82, 2.24) is 9.55 Å². The number of hydrogen-bond acceptors (Lipinski definition) is 6. The van der Waals surface area contributed by atoms with Crippen molar-refractivity contribution in [2.45, 2.75) is 52.4 Å². The number of nitrogens with zero attached hydrogens (tertiary/aromatic N) is 2. The third-order valence-electron chi connectivity index (χ3n) is 6.07. The van der Waals surface area contributed by atoms with Gasteiger partial charge in [-0.1, -0.05) is 13.0 Å². The number of ether oxygens (including phenoxy) is 2. The van der Waals surface area contributed by atoms with E-state index >= 15 is 0 Å². The lowest BCUT2D eigenvalue weighted by Crippen LogP contribution is -2.21. The Labute approximate surface area is 186 Å². The molecular formula is C25H27N3O4. The fourth-order valence-corrected chi connectivity index (χ4v) is 4.39. The lowest BCUT2D eigenvalue weighted by molar-refractivity contribution is 0.0524. The van der Waals surface area contributed by atoms with Crippen molar-refractivity contribution in [1.29, 1.82) is 0 Å². The van der Waals surface area contributed by atoms with Crippen LogP contribution in [0.3, 0.4) is 0 Å². The molecule has 3 heterocycles. The molecule has 1 saturated carbocycles. The van der Waals surface area contributed by atoms with Crippen molar-refractivity contribution >= 4 is 22.7 Å². The maximum atomic E-state index is 13.2. The fraction of sp³-hybridized carbons (Fsp3) is 0.400. The molecule has 1 aliphatic carbocycles. The van der Waals surface area contributed by atoms with E-state index in [4.69, 9.17) is 9.47 Å². The average molecular weight is 434 g/mol. The zero-order chi connectivity index (χ0) is 22.2. The number of fused-ring (bicyclic) bond motifs is 5. The van der Waals surface area contributed by atoms with E-state index in [1.54, 1.807) is 13.1 Å². The number of benzene rings is 1. The first-order valence-electron chi connectivity index (χ1n) is 11.3. The third kappa shape index (κ3) is 3.56. The Morgan fingerprint density at radius 2 is 2.09 bits per heavy atom. The molecule has 1 N–H and O–H groups in total. The largest absolute Gasteiger partial charge is 0.462 e. The summed E-state index contributed by atoms with van der Waals surface area (Å²) in [7, 11) is 0. The average Bonchev–Trinajstić information content (AvgIpc) is 3.64. The molecule has 0 bridgehead atoms. The van der Waals surface area contributed by atoms with Crippen LogP contribution in [0.1, 0.15) is 60.6 Å². The van der Waals surface area contributed by atoms with Gasteiger partial charge in [0.15, 0.2) is 0 Å². The third-order valence-corrected chi connectivity index (χ3v) is 6.07. The molecule has 2 aromatic heterocycles. The second-order valence-electron chi connectivity index (χ2n) is 8.36. The van der Waals surface area contributed by atoms with Gasteiger partial charge >= 0.3 is 5.97 Å². The van der Waals surface area contributed by atoms with Crippen LogP contribution in [-0.2, 0) is 22.7 Å². The molecule has 166 valence electrons. The van der Waals surface area contributed by atoms with E-state index in [1.165, 1.54) is 0 Å². The van der Waals surface area contributed by atoms with Crippen molar-refractivity contribution in [2.75, 3.05) is 18.5 Å². The van der Waals surface area contributed by atoms with Gasteiger partial charge in [0.2, 0.25) is 5.43 Å². The van der Waals surface area contributed by atoms with Crippen LogP contribution in [0.15, 0.2) is 35.4 Å². The highest BCUT2D eigenvalue weighted by Crippen LogP contribution is 2.41. The first-order chi connectivity index (χ1) is 15.6. The van der Waals surface area contributed by atoms with Gasteiger partial charge in [-0.05, 0) is 49.4 Å². The molecule has 0 radical (unpaired) electrons. The number of aromatic nitrogens is 2. The second-order valence-corrected chi connectivity index (χ2v) is 8.36. The Morgan fingerprint density at radius 3 is 2.84 bits per heavy atom. The highest BCUT2D eigenvalue weighted by molar-refractivity contribution is 5.96. The van der Waals surface area contributed by atoms with Crippen LogP contribution >= 0.6 is 0 Å². The molecule has 2 aliphatic rings. The maximum absolute atomic E-state index is 13.2. The van der Waals surface area contributed by atoms with Gasteiger partial charge in [-0.25, -0.2) is 9.78 Å². The number of anilines is 1. The molecule has 0 atom stereocenters. The number of carbonyl (C=O) groups is 1. The molecule has 5 rings (SSSR count). The molecule has 1 fully saturated rings. The Bertz CT molecular complexity index is 1260. The van der Waals surface area contributed by atoms with Crippen LogP contribution in [0.2, 0.25) is 0 Å². The Hall–Kier alpha value is -3.19. The van der Waals surface area contributed by atoms with E-state index < -0.39 is 5.97 Å². The number of hydrogen-bond donors (Lipinski definition) is 1. The Balaban J connectivity index is 1.71. The van der Waals surface area contributed by atoms with Gasteiger partial charge < -0.3 is 19.4 Å². The highest BCUT2D eigenvalue weighted by Gasteiger charge is 2.30. The van der Waals surface area contributed by atoms with Crippen molar-refractivity contribution in [3.05, 3.63) is 57.5 Å². The van der Waals surface area contributed by atoms with Gasteiger partial charge in [0.1, 0.15) is 11.4 Å². The normalized spacial score (nSPS) is 15.1. The fourth-order valence-electron chi connectivity index (χ4n) is 4.39. The van der Waals surface area contributed by atoms with Crippen molar-refractivity contribution in [3.63, 3.8) is 0 Å². The summed E-state index contributed by atoms with van der Waals surface area (Å²) in [6.07, 6.45) is 6.64. The van der Waals surface area contributed by atoms with E-state index in [1.807, 2.05) is 24.4 Å². The first-order valence-corrected chi connectivity index (χ1v) is 11.3. The molecule has 1 aliphatic heterocycles. The maximum Gasteiger partial charge on any atom is 0.343 e. The van der Waals surface area contributed by atoms with Crippen LogP contribution in [0, 0.1) is 0 Å². The number of nitrogens with one attached hydrogen (secondary N) is 1. The van der Waals surface area contributed by atoms with Crippen LogP contribution in [0.5, 0.6) is 0 Å². The standard InChI is InChI=1S/C25H27N3O4/c1-3-9-26-22-10-15-13-31-14-21-17(19(15)11-27-22)7-8-18-23(21)28(16-5-6-16)12-20(24(18)29)25(30)32-4-2/h7-8,10-12,16H,3-6,9,13-14H2,1-2H3,(H,26,27). The summed E-state index contributed by atoms with van der Waals surface area (Å²) >= 11 is 0. The minimum atomic E-state index is -0.568. The molecule has 0 amide bonds. The van der Waals surface area contributed by atoms with Crippen molar-refractivity contribution in [3.8, 4) is 11.1 Å². The van der Waals surface area contributed by atoms with Crippen LogP contribution in [0.4, 0.5) is 5.82 Å². The molecule has 1 aromatic carbocycles. The number of carbonyl (C=O) groups excluding carboxylic acids is 1. The molecule has 7 nitrogen and oxygen atoms in total. The van der Waals surface area contributed by atoms with Gasteiger partial charge in [-0.2, -0.15) is 0 Å². The molecule has 32 heavy (non-hydrogen) atoms. The zero-order valence-corrected chi connectivity index (χ0v) is 18.4. The molecule has 0 unspecified atom stereocenters. The summed E-state index contributed by atoms with van der Waals surface area (Å²) in [4.78, 5) is 30.3. The first kappa shape index (κ1) is 20.7. The monoisotopic (exact) mass is 433 g/mol. The van der Waals surface area contributed by atoms with Gasteiger partial charge in [0.25, 0.3) is 0 Å². The van der Waals surface area contributed by atoms with Crippen LogP contribution in [0.25, 0.3) is 22.0 Å². The van der Waals surface area contributed by atoms with E-state index in [0.717, 1.165) is 59.4 Å². The molecule has 0 spiro atoms. The van der Waals surface area contributed by atoms with Gasteiger partial charge in [0.05, 0.1) is 25.3 Å². The zero-order valence-electron chi connectivity index (χ0n) is 18.4. The minimum absolute atomic E-state index is 0.0921. The summed E-state index contributed by atoms with van der Waals surface area (Å²) in [6.45, 7) is 5.83. The summed E-state index contributed by atoms with van der Waals surface area (Å²) < 4.78 is 13.3. The van der Waals surface area contributed by atoms with E-state index in [0.29, 0.717) is 18.6 Å². The van der Waals surface area contributed by atoms with Crippen molar-refractivity contribution < 1.29 is 14.3 Å². The molecular weight excluding hydrogens is 406 g/mol. The lowest BCUT2D eigenvalue weighted by atomic mass is 9.95. The highest BCUT2D eigenvalue weighted by atomic mass is 16.5. The summed E-state index contributed by atoms with van der Waals surface area (Å²) in [5.41, 5.74) is 4.73. The number of pyridine rings is 2. The Morgan fingerprint density at radius 1 is 1.25 bits per heavy atom. The molecule has 7 heteroatoms. The Kier molecular flexibility index (Phi) is 5.43. The number of rotatable bonds is 6. The minimum Gasteiger partial charge on any atom is -0.462 e. The quantitative estimate of drug-likeness (QED) is 0.579.